The fourth-order valence-corrected chi connectivity index (χ4v) is 2.49. The average molecular weight is 310 g/mol. The molecule has 0 saturated carbocycles. The molecular weight excluding hydrogens is 280 g/mol. The summed E-state index contributed by atoms with van der Waals surface area (Å²) in [6, 6.07) is -0.245. The molecule has 0 aliphatic rings. The van der Waals surface area contributed by atoms with E-state index in [1.807, 2.05) is 46.3 Å². The Bertz CT molecular complexity index is 506. The molecule has 0 spiro atoms. The van der Waals surface area contributed by atoms with E-state index in [0.717, 1.165) is 17.8 Å². The first-order chi connectivity index (χ1) is 10.2. The van der Waals surface area contributed by atoms with Gasteiger partial charge in [-0.2, -0.15) is 5.10 Å². The van der Waals surface area contributed by atoms with Gasteiger partial charge in [0.05, 0.1) is 11.3 Å². The van der Waals surface area contributed by atoms with E-state index in [1.165, 1.54) is 5.56 Å². The van der Waals surface area contributed by atoms with Gasteiger partial charge in [0.2, 0.25) is 0 Å². The number of hydrogen-bond acceptors (Lipinski definition) is 3. The maximum atomic E-state index is 11.9. The Morgan fingerprint density at radius 1 is 1.36 bits per heavy atom. The number of amides is 2. The van der Waals surface area contributed by atoms with Gasteiger partial charge < -0.3 is 15.7 Å². The zero-order valence-electron chi connectivity index (χ0n) is 14.7. The Morgan fingerprint density at radius 3 is 2.41 bits per heavy atom. The predicted octanol–water partition coefficient (Wildman–Crippen LogP) is 1.82. The Kier molecular flexibility index (Phi) is 6.41. The molecule has 1 rings (SSSR count). The van der Waals surface area contributed by atoms with Crippen molar-refractivity contribution in [3.8, 4) is 0 Å². The van der Waals surface area contributed by atoms with E-state index < -0.39 is 5.60 Å². The number of aromatic nitrogens is 2. The van der Waals surface area contributed by atoms with Gasteiger partial charge >= 0.3 is 6.03 Å². The Balaban J connectivity index is 2.51. The number of carbonyl (C=O) groups is 1. The highest BCUT2D eigenvalue weighted by Gasteiger charge is 2.23. The molecule has 1 aromatic rings. The molecule has 0 aliphatic heterocycles. The van der Waals surface area contributed by atoms with Crippen molar-refractivity contribution in [1.29, 1.82) is 0 Å². The van der Waals surface area contributed by atoms with Crippen molar-refractivity contribution in [1.82, 2.24) is 20.4 Å². The van der Waals surface area contributed by atoms with Crippen LogP contribution in [0.4, 0.5) is 4.79 Å². The molecule has 0 saturated heterocycles. The molecule has 126 valence electrons. The van der Waals surface area contributed by atoms with E-state index in [0.29, 0.717) is 12.8 Å². The van der Waals surface area contributed by atoms with Crippen LogP contribution in [-0.2, 0) is 13.5 Å². The van der Waals surface area contributed by atoms with Gasteiger partial charge in [-0.05, 0) is 45.6 Å². The fraction of sp³-hybridized carbons (Fsp3) is 0.750. The quantitative estimate of drug-likeness (QED) is 0.719. The Hall–Kier alpha value is -1.56. The molecule has 0 aliphatic carbocycles. The molecule has 3 N–H and O–H groups in total. The van der Waals surface area contributed by atoms with Crippen molar-refractivity contribution in [2.45, 2.75) is 65.5 Å². The topological polar surface area (TPSA) is 79.2 Å². The van der Waals surface area contributed by atoms with Crippen LogP contribution >= 0.6 is 0 Å². The smallest absolute Gasteiger partial charge is 0.315 e. The fourth-order valence-electron chi connectivity index (χ4n) is 2.49. The molecule has 0 fully saturated rings. The van der Waals surface area contributed by atoms with E-state index in [9.17, 15) is 9.90 Å². The highest BCUT2D eigenvalue weighted by Crippen LogP contribution is 2.14. The molecule has 2 amide bonds. The van der Waals surface area contributed by atoms with Gasteiger partial charge in [0.25, 0.3) is 0 Å². The average Bonchev–Trinajstić information content (AvgIpc) is 2.71. The highest BCUT2D eigenvalue weighted by molar-refractivity contribution is 5.74. The number of hydrogen-bond donors (Lipinski definition) is 3. The second kappa shape index (κ2) is 7.63. The minimum atomic E-state index is -0.822. The third-order valence-electron chi connectivity index (χ3n) is 4.44. The molecule has 6 nitrogen and oxygen atoms in total. The number of aryl methyl sites for hydroxylation is 2. The largest absolute Gasteiger partial charge is 0.388 e. The van der Waals surface area contributed by atoms with Crippen LogP contribution in [0.1, 0.15) is 50.6 Å². The van der Waals surface area contributed by atoms with Gasteiger partial charge in [0, 0.05) is 25.3 Å². The summed E-state index contributed by atoms with van der Waals surface area (Å²) in [4.78, 5) is 11.9. The third-order valence-corrected chi connectivity index (χ3v) is 4.44. The molecule has 22 heavy (non-hydrogen) atoms. The predicted molar refractivity (Wildman–Crippen MR) is 87.9 cm³/mol. The van der Waals surface area contributed by atoms with Gasteiger partial charge in [-0.3, -0.25) is 4.68 Å². The Labute approximate surface area is 133 Å². The van der Waals surface area contributed by atoms with Crippen LogP contribution in [0.5, 0.6) is 0 Å². The molecule has 0 radical (unpaired) electrons. The van der Waals surface area contributed by atoms with E-state index in [-0.39, 0.29) is 18.6 Å². The summed E-state index contributed by atoms with van der Waals surface area (Å²) in [5.74, 6) is 0. The Morgan fingerprint density at radius 2 is 1.95 bits per heavy atom. The highest BCUT2D eigenvalue weighted by atomic mass is 16.3. The minimum absolute atomic E-state index is 0.00190. The van der Waals surface area contributed by atoms with E-state index in [1.54, 1.807) is 0 Å². The summed E-state index contributed by atoms with van der Waals surface area (Å²) in [6.45, 7) is 10.1. The maximum Gasteiger partial charge on any atom is 0.315 e. The summed E-state index contributed by atoms with van der Waals surface area (Å²) < 4.78 is 1.86. The van der Waals surface area contributed by atoms with Crippen LogP contribution in [0.3, 0.4) is 0 Å². The van der Waals surface area contributed by atoms with Crippen molar-refractivity contribution in [2.75, 3.05) is 6.54 Å². The second-order valence-electron chi connectivity index (χ2n) is 6.14. The molecule has 1 heterocycles. The summed E-state index contributed by atoms with van der Waals surface area (Å²) >= 11 is 0. The summed E-state index contributed by atoms with van der Waals surface area (Å²) in [5.41, 5.74) is 2.48. The third kappa shape index (κ3) is 4.73. The zero-order valence-corrected chi connectivity index (χ0v) is 14.7. The van der Waals surface area contributed by atoms with Crippen LogP contribution in [0.2, 0.25) is 0 Å². The van der Waals surface area contributed by atoms with Gasteiger partial charge in [0.1, 0.15) is 0 Å². The van der Waals surface area contributed by atoms with Gasteiger partial charge in [0.15, 0.2) is 0 Å². The summed E-state index contributed by atoms with van der Waals surface area (Å²) in [6.07, 6.45) is 1.98. The standard InChI is InChI=1S/C16H30N4O2/c1-7-16(22,8-2)10-17-15(21)18-11(3)9-14-12(4)19-20(6)13(14)5/h11,22H,7-10H2,1-6H3,(H2,17,18,21). The molecule has 1 atom stereocenters. The monoisotopic (exact) mass is 310 g/mol. The number of nitrogens with zero attached hydrogens (tertiary/aromatic N) is 2. The summed E-state index contributed by atoms with van der Waals surface area (Å²) in [5, 5.41) is 20.2. The SMILES string of the molecule is CCC(O)(CC)CNC(=O)NC(C)Cc1c(C)nn(C)c1C. The molecular formula is C16H30N4O2. The van der Waals surface area contributed by atoms with Crippen molar-refractivity contribution >= 4 is 6.03 Å². The van der Waals surface area contributed by atoms with Crippen molar-refractivity contribution < 1.29 is 9.90 Å². The second-order valence-corrected chi connectivity index (χ2v) is 6.14. The van der Waals surface area contributed by atoms with Gasteiger partial charge in [-0.15, -0.1) is 0 Å². The van der Waals surface area contributed by atoms with E-state index in [4.69, 9.17) is 0 Å². The lowest BCUT2D eigenvalue weighted by atomic mass is 9.98. The molecule has 1 unspecified atom stereocenters. The van der Waals surface area contributed by atoms with Crippen LogP contribution in [0.15, 0.2) is 0 Å². The van der Waals surface area contributed by atoms with E-state index >= 15 is 0 Å². The van der Waals surface area contributed by atoms with Crippen LogP contribution in [0.25, 0.3) is 0 Å². The first-order valence-corrected chi connectivity index (χ1v) is 7.98. The minimum Gasteiger partial charge on any atom is -0.388 e. The number of urea groups is 1. The molecule has 0 bridgehead atoms. The van der Waals surface area contributed by atoms with Crippen molar-refractivity contribution in [3.05, 3.63) is 17.0 Å². The van der Waals surface area contributed by atoms with Crippen LogP contribution in [0, 0.1) is 13.8 Å². The molecule has 1 aromatic heterocycles. The summed E-state index contributed by atoms with van der Waals surface area (Å²) in [7, 11) is 1.92. The number of aliphatic hydroxyl groups is 1. The lowest BCUT2D eigenvalue weighted by Crippen LogP contribution is -2.48. The lowest BCUT2D eigenvalue weighted by molar-refractivity contribution is 0.0349. The van der Waals surface area contributed by atoms with Gasteiger partial charge in [-0.25, -0.2) is 4.79 Å². The van der Waals surface area contributed by atoms with Crippen molar-refractivity contribution in [2.24, 2.45) is 7.05 Å². The van der Waals surface area contributed by atoms with Crippen molar-refractivity contribution in [3.63, 3.8) is 0 Å². The normalized spacial score (nSPS) is 13.0. The number of rotatable bonds is 7. The van der Waals surface area contributed by atoms with Crippen LogP contribution in [-0.4, -0.2) is 39.1 Å². The first kappa shape index (κ1) is 18.5. The first-order valence-electron chi connectivity index (χ1n) is 7.98. The van der Waals surface area contributed by atoms with Crippen LogP contribution < -0.4 is 10.6 Å². The maximum absolute atomic E-state index is 11.9. The van der Waals surface area contributed by atoms with Gasteiger partial charge in [-0.1, -0.05) is 13.8 Å². The molecule has 6 heteroatoms. The lowest BCUT2D eigenvalue weighted by Gasteiger charge is -2.26. The number of carbonyl (C=O) groups excluding carboxylic acids is 1. The molecule has 0 aromatic carbocycles. The zero-order chi connectivity index (χ0) is 16.9. The number of nitrogens with one attached hydrogen (secondary N) is 2. The van der Waals surface area contributed by atoms with E-state index in [2.05, 4.69) is 15.7 Å².